The van der Waals surface area contributed by atoms with Crippen LogP contribution in [0.2, 0.25) is 0 Å². The van der Waals surface area contributed by atoms with Crippen molar-refractivity contribution in [3.63, 3.8) is 0 Å². The minimum absolute atomic E-state index is 0.351. The van der Waals surface area contributed by atoms with Crippen LogP contribution in [0.1, 0.15) is 5.56 Å². The molecular formula is C17H19F3N2O7. The molecule has 3 amide bonds. The Balaban J connectivity index is 2.59. The number of imide groups is 1. The van der Waals surface area contributed by atoms with E-state index in [1.54, 1.807) is 17.4 Å². The first-order valence-corrected chi connectivity index (χ1v) is 7.89. The van der Waals surface area contributed by atoms with E-state index in [0.717, 1.165) is 6.08 Å². The molecule has 1 aromatic carbocycles. The molecule has 2 N–H and O–H groups in total. The summed E-state index contributed by atoms with van der Waals surface area (Å²) in [5, 5.41) is 3.02. The second kappa shape index (κ2) is 10.8. The summed E-state index contributed by atoms with van der Waals surface area (Å²) >= 11 is 0. The molecule has 0 radical (unpaired) electrons. The fourth-order valence-electron chi connectivity index (χ4n) is 1.93. The Hall–Kier alpha value is -3.44. The molecular weight excluding hydrogens is 401 g/mol. The summed E-state index contributed by atoms with van der Waals surface area (Å²) in [6, 6.07) is 1.75. The summed E-state index contributed by atoms with van der Waals surface area (Å²) in [5.41, 5.74) is 0.493. The van der Waals surface area contributed by atoms with Crippen LogP contribution >= 0.6 is 0 Å². The van der Waals surface area contributed by atoms with Crippen LogP contribution in [-0.2, 0) is 14.3 Å². The number of alkyl halides is 3. The van der Waals surface area contributed by atoms with Crippen molar-refractivity contribution < 1.29 is 46.5 Å². The van der Waals surface area contributed by atoms with Crippen LogP contribution in [0.3, 0.4) is 0 Å². The van der Waals surface area contributed by atoms with Crippen LogP contribution < -0.4 is 24.8 Å². The second-order valence-corrected chi connectivity index (χ2v) is 5.25. The highest BCUT2D eigenvalue weighted by Gasteiger charge is 2.28. The number of hydrogen-bond donors (Lipinski definition) is 2. The topological polar surface area (TPSA) is 112 Å². The van der Waals surface area contributed by atoms with E-state index < -0.39 is 37.2 Å². The molecule has 0 aromatic heterocycles. The third kappa shape index (κ3) is 8.41. The van der Waals surface area contributed by atoms with Gasteiger partial charge in [0.15, 0.2) is 18.1 Å². The Morgan fingerprint density at radius 2 is 1.62 bits per heavy atom. The van der Waals surface area contributed by atoms with E-state index in [1.807, 2.05) is 0 Å². The maximum absolute atomic E-state index is 11.9. The van der Waals surface area contributed by atoms with Crippen molar-refractivity contribution in [2.45, 2.75) is 6.18 Å². The fraction of sp³-hybridized carbons (Fsp3) is 0.353. The molecule has 0 spiro atoms. The quantitative estimate of drug-likeness (QED) is 0.486. The fourth-order valence-corrected chi connectivity index (χ4v) is 1.93. The SMILES string of the molecule is COc1cc(/C=C/C(=O)OCC(=O)NC(=O)NCC(F)(F)F)cc(OC)c1OC. The summed E-state index contributed by atoms with van der Waals surface area (Å²) < 4.78 is 55.9. The Kier molecular flexibility index (Phi) is 8.77. The zero-order valence-electron chi connectivity index (χ0n) is 15.7. The second-order valence-electron chi connectivity index (χ2n) is 5.25. The lowest BCUT2D eigenvalue weighted by Gasteiger charge is -2.12. The number of halogens is 3. The highest BCUT2D eigenvalue weighted by molar-refractivity contribution is 5.96. The van der Waals surface area contributed by atoms with Crippen molar-refractivity contribution in [3.8, 4) is 17.2 Å². The summed E-state index contributed by atoms with van der Waals surface area (Å²) in [4.78, 5) is 34.2. The number of carbonyl (C=O) groups excluding carboxylic acids is 3. The molecule has 0 heterocycles. The number of rotatable bonds is 8. The van der Waals surface area contributed by atoms with Crippen LogP contribution in [0.5, 0.6) is 17.2 Å². The van der Waals surface area contributed by atoms with E-state index in [1.165, 1.54) is 32.7 Å². The molecule has 0 aliphatic heterocycles. The number of benzene rings is 1. The third-order valence-electron chi connectivity index (χ3n) is 3.15. The van der Waals surface area contributed by atoms with E-state index in [-0.39, 0.29) is 0 Å². The standard InChI is InChI=1S/C17H19F3N2O7/c1-26-11-6-10(7-12(27-2)15(11)28-3)4-5-14(24)29-8-13(23)22-16(25)21-9-17(18,19)20/h4-7H,8-9H2,1-3H3,(H2,21,22,23,25)/b5-4+. The van der Waals surface area contributed by atoms with Crippen molar-refractivity contribution in [1.29, 1.82) is 0 Å². The summed E-state index contributed by atoms with van der Waals surface area (Å²) in [6.45, 7) is -2.47. The average Bonchev–Trinajstić information content (AvgIpc) is 2.67. The van der Waals surface area contributed by atoms with Crippen molar-refractivity contribution in [1.82, 2.24) is 10.6 Å². The predicted molar refractivity (Wildman–Crippen MR) is 93.7 cm³/mol. The normalized spacial score (nSPS) is 11.0. The minimum Gasteiger partial charge on any atom is -0.493 e. The molecule has 1 rings (SSSR count). The minimum atomic E-state index is -4.62. The molecule has 0 unspecified atom stereocenters. The predicted octanol–water partition coefficient (Wildman–Crippen LogP) is 1.66. The maximum atomic E-state index is 11.9. The van der Waals surface area contributed by atoms with Gasteiger partial charge in [-0.2, -0.15) is 13.2 Å². The maximum Gasteiger partial charge on any atom is 0.405 e. The molecule has 0 aliphatic carbocycles. The average molecular weight is 420 g/mol. The number of ether oxygens (including phenoxy) is 4. The molecule has 0 saturated heterocycles. The number of esters is 1. The largest absolute Gasteiger partial charge is 0.493 e. The van der Waals surface area contributed by atoms with Gasteiger partial charge in [0.05, 0.1) is 21.3 Å². The molecule has 160 valence electrons. The Bertz CT molecular complexity index is 754. The lowest BCUT2D eigenvalue weighted by Crippen LogP contribution is -2.44. The first kappa shape index (κ1) is 23.6. The summed E-state index contributed by atoms with van der Waals surface area (Å²) in [5.74, 6) is -0.966. The van der Waals surface area contributed by atoms with E-state index in [4.69, 9.17) is 14.2 Å². The number of methoxy groups -OCH3 is 3. The molecule has 0 atom stereocenters. The molecule has 0 saturated carbocycles. The number of urea groups is 1. The molecule has 29 heavy (non-hydrogen) atoms. The van der Waals surface area contributed by atoms with Crippen molar-refractivity contribution in [3.05, 3.63) is 23.8 Å². The zero-order chi connectivity index (χ0) is 22.0. The van der Waals surface area contributed by atoms with Gasteiger partial charge in [0, 0.05) is 6.08 Å². The summed E-state index contributed by atoms with van der Waals surface area (Å²) in [6.07, 6.45) is -2.27. The Labute approximate surface area is 163 Å². The molecule has 0 fully saturated rings. The molecule has 0 aliphatic rings. The zero-order valence-corrected chi connectivity index (χ0v) is 15.7. The van der Waals surface area contributed by atoms with Crippen LogP contribution in [0.15, 0.2) is 18.2 Å². The van der Waals surface area contributed by atoms with Gasteiger partial charge in [-0.15, -0.1) is 0 Å². The lowest BCUT2D eigenvalue weighted by atomic mass is 10.1. The van der Waals surface area contributed by atoms with Crippen LogP contribution in [0.4, 0.5) is 18.0 Å². The van der Waals surface area contributed by atoms with Gasteiger partial charge in [0.2, 0.25) is 5.75 Å². The lowest BCUT2D eigenvalue weighted by molar-refractivity contribution is -0.143. The first-order chi connectivity index (χ1) is 13.6. The number of carbonyl (C=O) groups is 3. The van der Waals surface area contributed by atoms with Crippen LogP contribution in [0.25, 0.3) is 6.08 Å². The molecule has 0 bridgehead atoms. The van der Waals surface area contributed by atoms with Crippen molar-refractivity contribution in [2.24, 2.45) is 0 Å². The van der Waals surface area contributed by atoms with Gasteiger partial charge < -0.3 is 24.3 Å². The highest BCUT2D eigenvalue weighted by atomic mass is 19.4. The van der Waals surface area contributed by atoms with Crippen molar-refractivity contribution in [2.75, 3.05) is 34.5 Å². The van der Waals surface area contributed by atoms with Gasteiger partial charge in [-0.05, 0) is 23.8 Å². The van der Waals surface area contributed by atoms with Gasteiger partial charge >= 0.3 is 18.2 Å². The molecule has 12 heteroatoms. The number of nitrogens with one attached hydrogen (secondary N) is 2. The monoisotopic (exact) mass is 420 g/mol. The highest BCUT2D eigenvalue weighted by Crippen LogP contribution is 2.38. The van der Waals surface area contributed by atoms with Crippen LogP contribution in [-0.4, -0.2) is 58.6 Å². The van der Waals surface area contributed by atoms with E-state index in [9.17, 15) is 27.6 Å². The first-order valence-electron chi connectivity index (χ1n) is 7.89. The third-order valence-corrected chi connectivity index (χ3v) is 3.15. The Morgan fingerprint density at radius 3 is 2.10 bits per heavy atom. The molecule has 1 aromatic rings. The van der Waals surface area contributed by atoms with Gasteiger partial charge in [-0.3, -0.25) is 10.1 Å². The number of hydrogen-bond acceptors (Lipinski definition) is 7. The van der Waals surface area contributed by atoms with E-state index in [2.05, 4.69) is 4.74 Å². The smallest absolute Gasteiger partial charge is 0.405 e. The number of amides is 3. The van der Waals surface area contributed by atoms with Gasteiger partial charge in [0.1, 0.15) is 6.54 Å². The summed E-state index contributed by atoms with van der Waals surface area (Å²) in [7, 11) is 4.27. The van der Waals surface area contributed by atoms with Crippen molar-refractivity contribution >= 4 is 24.0 Å². The van der Waals surface area contributed by atoms with E-state index >= 15 is 0 Å². The van der Waals surface area contributed by atoms with E-state index in [0.29, 0.717) is 22.8 Å². The van der Waals surface area contributed by atoms with Gasteiger partial charge in [-0.1, -0.05) is 0 Å². The molecule has 9 nitrogen and oxygen atoms in total. The van der Waals surface area contributed by atoms with Gasteiger partial charge in [-0.25, -0.2) is 9.59 Å². The van der Waals surface area contributed by atoms with Gasteiger partial charge in [0.25, 0.3) is 5.91 Å². The van der Waals surface area contributed by atoms with Crippen LogP contribution in [0, 0.1) is 0 Å². The Morgan fingerprint density at radius 1 is 1.03 bits per heavy atom.